The zero-order chi connectivity index (χ0) is 15.0. The molecule has 2 atom stereocenters. The number of hydrogen-bond acceptors (Lipinski definition) is 5. The standard InChI is InChI=1S/C15H22O5/c1-5-17-11(3)19-14-8-7-9-15(13(14)10-16)20-12(4)18-6-2/h7-12H,5-6H2,1-4H3/t11-,12+. The van der Waals surface area contributed by atoms with Crippen molar-refractivity contribution < 1.29 is 23.7 Å². The molecule has 0 radical (unpaired) electrons. The fourth-order valence-electron chi connectivity index (χ4n) is 1.74. The van der Waals surface area contributed by atoms with Crippen LogP contribution < -0.4 is 9.47 Å². The normalized spacial score (nSPS) is 13.6. The maximum atomic E-state index is 11.3. The summed E-state index contributed by atoms with van der Waals surface area (Å²) in [4.78, 5) is 11.3. The van der Waals surface area contributed by atoms with E-state index < -0.39 is 12.6 Å². The maximum absolute atomic E-state index is 11.3. The van der Waals surface area contributed by atoms with Gasteiger partial charge in [0.05, 0.1) is 5.56 Å². The molecule has 0 amide bonds. The number of carbonyl (C=O) groups excluding carboxylic acids is 1. The van der Waals surface area contributed by atoms with Crippen molar-refractivity contribution in [3.63, 3.8) is 0 Å². The first-order chi connectivity index (χ1) is 9.62. The fourth-order valence-corrected chi connectivity index (χ4v) is 1.74. The lowest BCUT2D eigenvalue weighted by Crippen LogP contribution is -2.19. The highest BCUT2D eigenvalue weighted by Gasteiger charge is 2.14. The van der Waals surface area contributed by atoms with E-state index >= 15 is 0 Å². The van der Waals surface area contributed by atoms with E-state index in [2.05, 4.69) is 0 Å². The number of ether oxygens (including phenoxy) is 4. The van der Waals surface area contributed by atoms with Crippen LogP contribution in [-0.4, -0.2) is 32.1 Å². The van der Waals surface area contributed by atoms with E-state index in [-0.39, 0.29) is 0 Å². The van der Waals surface area contributed by atoms with Gasteiger partial charge in [-0.15, -0.1) is 0 Å². The van der Waals surface area contributed by atoms with Gasteiger partial charge in [-0.3, -0.25) is 4.79 Å². The van der Waals surface area contributed by atoms with Crippen LogP contribution in [0.25, 0.3) is 0 Å². The summed E-state index contributed by atoms with van der Waals surface area (Å²) in [5.41, 5.74) is 0.352. The van der Waals surface area contributed by atoms with Crippen molar-refractivity contribution in [1.82, 2.24) is 0 Å². The SMILES string of the molecule is CCO[C@@H](C)Oc1cccc(O[C@@H](C)OCC)c1C=O. The van der Waals surface area contributed by atoms with Gasteiger partial charge < -0.3 is 18.9 Å². The van der Waals surface area contributed by atoms with Crippen molar-refractivity contribution in [3.05, 3.63) is 23.8 Å². The molecule has 0 heterocycles. The predicted molar refractivity (Wildman–Crippen MR) is 75.3 cm³/mol. The minimum atomic E-state index is -0.432. The Hall–Kier alpha value is -1.59. The van der Waals surface area contributed by atoms with Crippen LogP contribution >= 0.6 is 0 Å². The molecule has 0 aliphatic heterocycles. The lowest BCUT2D eigenvalue weighted by atomic mass is 10.2. The Morgan fingerprint density at radius 1 is 1.00 bits per heavy atom. The van der Waals surface area contributed by atoms with E-state index in [0.29, 0.717) is 36.6 Å². The van der Waals surface area contributed by atoms with Gasteiger partial charge >= 0.3 is 0 Å². The quantitative estimate of drug-likeness (QED) is 0.515. The minimum absolute atomic E-state index is 0.352. The molecule has 112 valence electrons. The van der Waals surface area contributed by atoms with E-state index in [9.17, 15) is 4.79 Å². The van der Waals surface area contributed by atoms with Crippen molar-refractivity contribution in [2.75, 3.05) is 13.2 Å². The Kier molecular flexibility index (Phi) is 7.04. The van der Waals surface area contributed by atoms with Crippen molar-refractivity contribution in [1.29, 1.82) is 0 Å². The first-order valence-electron chi connectivity index (χ1n) is 6.77. The highest BCUT2D eigenvalue weighted by atomic mass is 16.7. The van der Waals surface area contributed by atoms with Gasteiger partial charge in [0, 0.05) is 13.2 Å². The smallest absolute Gasteiger partial charge is 0.196 e. The number of aldehydes is 1. The van der Waals surface area contributed by atoms with Crippen molar-refractivity contribution in [2.24, 2.45) is 0 Å². The molecule has 20 heavy (non-hydrogen) atoms. The molecule has 0 spiro atoms. The van der Waals surface area contributed by atoms with E-state index in [4.69, 9.17) is 18.9 Å². The zero-order valence-electron chi connectivity index (χ0n) is 12.4. The van der Waals surface area contributed by atoms with E-state index in [1.54, 1.807) is 32.0 Å². The third-order valence-electron chi connectivity index (χ3n) is 2.53. The van der Waals surface area contributed by atoms with Gasteiger partial charge in [-0.1, -0.05) is 6.07 Å². The Labute approximate surface area is 119 Å². The summed E-state index contributed by atoms with van der Waals surface area (Å²) in [7, 11) is 0. The summed E-state index contributed by atoms with van der Waals surface area (Å²) < 4.78 is 21.8. The molecule has 0 N–H and O–H groups in total. The Morgan fingerprint density at radius 2 is 1.45 bits per heavy atom. The second-order valence-corrected chi connectivity index (χ2v) is 4.07. The van der Waals surface area contributed by atoms with Crippen molar-refractivity contribution in [2.45, 2.75) is 40.3 Å². The zero-order valence-corrected chi connectivity index (χ0v) is 12.4. The number of benzene rings is 1. The maximum Gasteiger partial charge on any atom is 0.196 e. The van der Waals surface area contributed by atoms with Gasteiger partial charge in [0.2, 0.25) is 0 Å². The monoisotopic (exact) mass is 282 g/mol. The van der Waals surface area contributed by atoms with Gasteiger partial charge in [0.1, 0.15) is 11.5 Å². The Bertz CT molecular complexity index is 386. The summed E-state index contributed by atoms with van der Waals surface area (Å²) in [6, 6.07) is 5.17. The first kappa shape index (κ1) is 16.5. The molecule has 5 heteroatoms. The largest absolute Gasteiger partial charge is 0.464 e. The molecule has 0 aromatic heterocycles. The summed E-state index contributed by atoms with van der Waals surface area (Å²) in [5.74, 6) is 0.865. The molecule has 0 fully saturated rings. The predicted octanol–water partition coefficient (Wildman–Crippen LogP) is 3.02. The van der Waals surface area contributed by atoms with E-state index in [0.717, 1.165) is 0 Å². The molecule has 0 aliphatic rings. The summed E-state index contributed by atoms with van der Waals surface area (Å²) >= 11 is 0. The second kappa shape index (κ2) is 8.55. The molecule has 0 unspecified atom stereocenters. The molecule has 5 nitrogen and oxygen atoms in total. The fraction of sp³-hybridized carbons (Fsp3) is 0.533. The lowest BCUT2D eigenvalue weighted by molar-refractivity contribution is -0.0653. The molecular weight excluding hydrogens is 260 g/mol. The van der Waals surface area contributed by atoms with Crippen molar-refractivity contribution >= 4 is 6.29 Å². The highest BCUT2D eigenvalue weighted by molar-refractivity contribution is 5.83. The van der Waals surface area contributed by atoms with Crippen LogP contribution in [0.4, 0.5) is 0 Å². The van der Waals surface area contributed by atoms with Crippen LogP contribution in [0, 0.1) is 0 Å². The van der Waals surface area contributed by atoms with E-state index in [1.807, 2.05) is 13.8 Å². The molecule has 1 aromatic carbocycles. The Balaban J connectivity index is 2.88. The molecule has 0 saturated heterocycles. The highest BCUT2D eigenvalue weighted by Crippen LogP contribution is 2.28. The average molecular weight is 282 g/mol. The molecule has 1 rings (SSSR count). The molecule has 0 saturated carbocycles. The van der Waals surface area contributed by atoms with Gasteiger partial charge in [0.25, 0.3) is 0 Å². The third-order valence-corrected chi connectivity index (χ3v) is 2.53. The molecule has 0 bridgehead atoms. The molecule has 0 aliphatic carbocycles. The first-order valence-corrected chi connectivity index (χ1v) is 6.77. The van der Waals surface area contributed by atoms with E-state index in [1.165, 1.54) is 0 Å². The van der Waals surface area contributed by atoms with Gasteiger partial charge in [-0.05, 0) is 39.8 Å². The van der Waals surface area contributed by atoms with Crippen LogP contribution in [0.1, 0.15) is 38.1 Å². The van der Waals surface area contributed by atoms with Crippen LogP contribution in [-0.2, 0) is 9.47 Å². The van der Waals surface area contributed by atoms with Crippen molar-refractivity contribution in [3.8, 4) is 11.5 Å². The summed E-state index contributed by atoms with van der Waals surface area (Å²) in [6.07, 6.45) is -0.154. The van der Waals surface area contributed by atoms with Crippen LogP contribution in [0.5, 0.6) is 11.5 Å². The van der Waals surface area contributed by atoms with Gasteiger partial charge in [-0.25, -0.2) is 0 Å². The number of rotatable bonds is 9. The second-order valence-electron chi connectivity index (χ2n) is 4.07. The summed E-state index contributed by atoms with van der Waals surface area (Å²) in [5, 5.41) is 0. The Morgan fingerprint density at radius 3 is 1.80 bits per heavy atom. The minimum Gasteiger partial charge on any atom is -0.464 e. The van der Waals surface area contributed by atoms with Gasteiger partial charge in [-0.2, -0.15) is 0 Å². The molecular formula is C15H22O5. The summed E-state index contributed by atoms with van der Waals surface area (Å²) in [6.45, 7) is 8.38. The topological polar surface area (TPSA) is 54.0 Å². The van der Waals surface area contributed by atoms with Crippen LogP contribution in [0.15, 0.2) is 18.2 Å². The van der Waals surface area contributed by atoms with Crippen LogP contribution in [0.3, 0.4) is 0 Å². The molecule has 1 aromatic rings. The number of carbonyl (C=O) groups is 1. The van der Waals surface area contributed by atoms with Gasteiger partial charge in [0.15, 0.2) is 18.9 Å². The average Bonchev–Trinajstić information content (AvgIpc) is 2.39. The number of hydrogen-bond donors (Lipinski definition) is 0. The lowest BCUT2D eigenvalue weighted by Gasteiger charge is -2.19. The third kappa shape index (κ3) is 4.83. The van der Waals surface area contributed by atoms with Crippen LogP contribution in [0.2, 0.25) is 0 Å².